The Morgan fingerprint density at radius 1 is 1.29 bits per heavy atom. The SMILES string of the molecule is CC(C)C(CNC(=O)/C=C/c1cc(Br)ccc1F)C(C)C. The van der Waals surface area contributed by atoms with Crippen molar-refractivity contribution in [1.82, 2.24) is 5.32 Å². The van der Waals surface area contributed by atoms with Crippen LogP contribution < -0.4 is 5.32 Å². The predicted molar refractivity (Wildman–Crippen MR) is 89.3 cm³/mol. The van der Waals surface area contributed by atoms with E-state index in [0.29, 0.717) is 29.9 Å². The molecule has 0 aliphatic carbocycles. The third-order valence-electron chi connectivity index (χ3n) is 3.60. The predicted octanol–water partition coefficient (Wildman–Crippen LogP) is 4.65. The molecule has 1 aromatic carbocycles. The van der Waals surface area contributed by atoms with Crippen LogP contribution in [0, 0.1) is 23.6 Å². The van der Waals surface area contributed by atoms with E-state index in [4.69, 9.17) is 0 Å². The summed E-state index contributed by atoms with van der Waals surface area (Å²) in [5.74, 6) is 0.920. The lowest BCUT2D eigenvalue weighted by atomic mass is 9.85. The number of hydrogen-bond donors (Lipinski definition) is 1. The van der Waals surface area contributed by atoms with Gasteiger partial charge < -0.3 is 5.32 Å². The van der Waals surface area contributed by atoms with Crippen LogP contribution in [-0.2, 0) is 4.79 Å². The number of hydrogen-bond acceptors (Lipinski definition) is 1. The average molecular weight is 356 g/mol. The van der Waals surface area contributed by atoms with E-state index in [1.807, 2.05) is 0 Å². The van der Waals surface area contributed by atoms with Crippen LogP contribution in [0.5, 0.6) is 0 Å². The fraction of sp³-hybridized carbons (Fsp3) is 0.471. The second-order valence-electron chi connectivity index (χ2n) is 5.90. The van der Waals surface area contributed by atoms with Gasteiger partial charge in [-0.25, -0.2) is 4.39 Å². The third kappa shape index (κ3) is 6.00. The van der Waals surface area contributed by atoms with Crippen molar-refractivity contribution >= 4 is 27.9 Å². The van der Waals surface area contributed by atoms with Gasteiger partial charge in [0.25, 0.3) is 0 Å². The molecule has 21 heavy (non-hydrogen) atoms. The number of rotatable bonds is 6. The molecule has 2 nitrogen and oxygen atoms in total. The Balaban J connectivity index is 2.61. The summed E-state index contributed by atoms with van der Waals surface area (Å²) in [5.41, 5.74) is 0.392. The Labute approximate surface area is 135 Å². The van der Waals surface area contributed by atoms with Gasteiger partial charge in [0.05, 0.1) is 0 Å². The molecule has 1 rings (SSSR count). The zero-order valence-electron chi connectivity index (χ0n) is 13.0. The molecule has 116 valence electrons. The van der Waals surface area contributed by atoms with Crippen LogP contribution in [-0.4, -0.2) is 12.5 Å². The molecule has 0 atom stereocenters. The van der Waals surface area contributed by atoms with Crippen LogP contribution in [0.25, 0.3) is 6.08 Å². The highest BCUT2D eigenvalue weighted by Crippen LogP contribution is 2.19. The quantitative estimate of drug-likeness (QED) is 0.739. The van der Waals surface area contributed by atoms with Crippen molar-refractivity contribution < 1.29 is 9.18 Å². The largest absolute Gasteiger partial charge is 0.352 e. The zero-order valence-corrected chi connectivity index (χ0v) is 14.6. The molecule has 0 bridgehead atoms. The van der Waals surface area contributed by atoms with Crippen molar-refractivity contribution in [2.75, 3.05) is 6.54 Å². The lowest BCUT2D eigenvalue weighted by Crippen LogP contribution is -2.32. The second kappa shape index (κ2) is 8.32. The number of carbonyl (C=O) groups is 1. The van der Waals surface area contributed by atoms with Crippen LogP contribution in [0.2, 0.25) is 0 Å². The first-order valence-electron chi connectivity index (χ1n) is 7.22. The third-order valence-corrected chi connectivity index (χ3v) is 4.09. The summed E-state index contributed by atoms with van der Waals surface area (Å²) in [6.07, 6.45) is 2.87. The molecule has 0 aromatic heterocycles. The molecule has 0 saturated heterocycles. The fourth-order valence-corrected chi connectivity index (χ4v) is 2.71. The fourth-order valence-electron chi connectivity index (χ4n) is 2.33. The Kier molecular flexibility index (Phi) is 7.09. The van der Waals surface area contributed by atoms with Gasteiger partial charge in [-0.2, -0.15) is 0 Å². The second-order valence-corrected chi connectivity index (χ2v) is 6.81. The maximum Gasteiger partial charge on any atom is 0.244 e. The topological polar surface area (TPSA) is 29.1 Å². The van der Waals surface area contributed by atoms with Gasteiger partial charge in [0.15, 0.2) is 0 Å². The zero-order chi connectivity index (χ0) is 16.0. The minimum absolute atomic E-state index is 0.194. The van der Waals surface area contributed by atoms with E-state index in [1.54, 1.807) is 12.1 Å². The van der Waals surface area contributed by atoms with E-state index in [-0.39, 0.29) is 11.7 Å². The molecule has 0 aliphatic rings. The number of nitrogens with one attached hydrogen (secondary N) is 1. The van der Waals surface area contributed by atoms with Crippen molar-refractivity contribution in [2.24, 2.45) is 17.8 Å². The number of amides is 1. The van der Waals surface area contributed by atoms with Crippen LogP contribution in [0.15, 0.2) is 28.7 Å². The van der Waals surface area contributed by atoms with E-state index in [1.165, 1.54) is 18.2 Å². The van der Waals surface area contributed by atoms with Crippen LogP contribution in [0.3, 0.4) is 0 Å². The van der Waals surface area contributed by atoms with Crippen LogP contribution in [0.4, 0.5) is 4.39 Å². The van der Waals surface area contributed by atoms with E-state index >= 15 is 0 Å². The first kappa shape index (κ1) is 17.9. The molecule has 0 unspecified atom stereocenters. The van der Waals surface area contributed by atoms with E-state index in [2.05, 4.69) is 48.9 Å². The van der Waals surface area contributed by atoms with E-state index < -0.39 is 0 Å². The summed E-state index contributed by atoms with van der Waals surface area (Å²) < 4.78 is 14.3. The first-order chi connectivity index (χ1) is 9.81. The summed E-state index contributed by atoms with van der Waals surface area (Å²) in [5, 5.41) is 2.89. The normalized spacial score (nSPS) is 11.9. The maximum absolute atomic E-state index is 13.5. The summed E-state index contributed by atoms with van der Waals surface area (Å²) in [6, 6.07) is 4.64. The van der Waals surface area contributed by atoms with Gasteiger partial charge >= 0.3 is 0 Å². The molecular weight excluding hydrogens is 333 g/mol. The van der Waals surface area contributed by atoms with Gasteiger partial charge in [0.1, 0.15) is 5.82 Å². The lowest BCUT2D eigenvalue weighted by molar-refractivity contribution is -0.116. The van der Waals surface area contributed by atoms with E-state index in [9.17, 15) is 9.18 Å². The number of carbonyl (C=O) groups excluding carboxylic acids is 1. The van der Waals surface area contributed by atoms with E-state index in [0.717, 1.165) is 4.47 Å². The molecule has 0 fully saturated rings. The highest BCUT2D eigenvalue weighted by molar-refractivity contribution is 9.10. The monoisotopic (exact) mass is 355 g/mol. The molecular formula is C17H23BrFNO. The molecule has 1 aromatic rings. The number of halogens is 2. The molecule has 0 spiro atoms. The highest BCUT2D eigenvalue weighted by Gasteiger charge is 2.17. The van der Waals surface area contributed by atoms with Gasteiger partial charge in [-0.15, -0.1) is 0 Å². The molecule has 0 saturated carbocycles. The van der Waals surface area contributed by atoms with Gasteiger partial charge in [0.2, 0.25) is 5.91 Å². The molecule has 1 amide bonds. The Morgan fingerprint density at radius 2 is 1.90 bits per heavy atom. The van der Waals surface area contributed by atoms with Gasteiger partial charge in [-0.1, -0.05) is 43.6 Å². The number of benzene rings is 1. The summed E-state index contributed by atoms with van der Waals surface area (Å²) in [4.78, 5) is 11.8. The van der Waals surface area contributed by atoms with Gasteiger partial charge in [0, 0.05) is 22.7 Å². The van der Waals surface area contributed by atoms with Gasteiger partial charge in [-0.3, -0.25) is 4.79 Å². The Hall–Kier alpha value is -1.16. The lowest BCUT2D eigenvalue weighted by Gasteiger charge is -2.24. The molecule has 1 N–H and O–H groups in total. The van der Waals surface area contributed by atoms with Crippen molar-refractivity contribution in [2.45, 2.75) is 27.7 Å². The minimum Gasteiger partial charge on any atom is -0.352 e. The summed E-state index contributed by atoms with van der Waals surface area (Å²) >= 11 is 3.28. The smallest absolute Gasteiger partial charge is 0.244 e. The van der Waals surface area contributed by atoms with Crippen LogP contribution in [0.1, 0.15) is 33.3 Å². The molecule has 0 aliphatic heterocycles. The molecule has 0 heterocycles. The average Bonchev–Trinajstić information content (AvgIpc) is 2.39. The Bertz CT molecular complexity index is 504. The van der Waals surface area contributed by atoms with Crippen molar-refractivity contribution in [1.29, 1.82) is 0 Å². The van der Waals surface area contributed by atoms with Gasteiger partial charge in [-0.05, 0) is 42.0 Å². The van der Waals surface area contributed by atoms with Crippen LogP contribution >= 0.6 is 15.9 Å². The summed E-state index contributed by atoms with van der Waals surface area (Å²) in [7, 11) is 0. The standard InChI is InChI=1S/C17H23BrFNO/c1-11(2)15(12(3)4)10-20-17(21)8-5-13-9-14(18)6-7-16(13)19/h5-9,11-12,15H,10H2,1-4H3,(H,20,21)/b8-5+. The maximum atomic E-state index is 13.5. The van der Waals surface area contributed by atoms with Crippen molar-refractivity contribution in [3.05, 3.63) is 40.1 Å². The van der Waals surface area contributed by atoms with Crippen molar-refractivity contribution in [3.8, 4) is 0 Å². The molecule has 4 heteroatoms. The minimum atomic E-state index is -0.343. The first-order valence-corrected chi connectivity index (χ1v) is 8.01. The Morgan fingerprint density at radius 3 is 2.48 bits per heavy atom. The summed E-state index contributed by atoms with van der Waals surface area (Å²) in [6.45, 7) is 9.26. The highest BCUT2D eigenvalue weighted by atomic mass is 79.9. The molecule has 0 radical (unpaired) electrons. The van der Waals surface area contributed by atoms with Crippen molar-refractivity contribution in [3.63, 3.8) is 0 Å².